The summed E-state index contributed by atoms with van der Waals surface area (Å²) in [6.07, 6.45) is 3.81. The molecular weight excluding hydrogens is 368 g/mol. The summed E-state index contributed by atoms with van der Waals surface area (Å²) in [6, 6.07) is 14.2. The molecule has 0 saturated heterocycles. The lowest BCUT2D eigenvalue weighted by Gasteiger charge is -2.18. The number of benzene rings is 1. The molecule has 1 aromatic carbocycles. The third-order valence-corrected chi connectivity index (χ3v) is 6.69. The second kappa shape index (κ2) is 7.96. The Bertz CT molecular complexity index is 982. The van der Waals surface area contributed by atoms with Gasteiger partial charge in [0, 0.05) is 22.8 Å². The summed E-state index contributed by atoms with van der Waals surface area (Å²) in [5, 5.41) is 12.8. The minimum Gasteiger partial charge on any atom is -0.507 e. The molecule has 0 bridgehead atoms. The maximum Gasteiger partial charge on any atom is 0.343 e. The average Bonchev–Trinajstić information content (AvgIpc) is 3.37. The Morgan fingerprint density at radius 1 is 1.21 bits per heavy atom. The number of aryl methyl sites for hydroxylation is 1. The van der Waals surface area contributed by atoms with Gasteiger partial charge in [0.1, 0.15) is 11.5 Å². The first-order valence-corrected chi connectivity index (χ1v) is 10.9. The zero-order valence-corrected chi connectivity index (χ0v) is 17.2. The van der Waals surface area contributed by atoms with Crippen LogP contribution in [0.3, 0.4) is 0 Å². The van der Waals surface area contributed by atoms with Crippen molar-refractivity contribution < 1.29 is 9.52 Å². The minimum atomic E-state index is -0.386. The maximum absolute atomic E-state index is 12.9. The molecule has 146 valence electrons. The predicted molar refractivity (Wildman–Crippen MR) is 113 cm³/mol. The zero-order chi connectivity index (χ0) is 19.7. The van der Waals surface area contributed by atoms with E-state index in [1.165, 1.54) is 11.1 Å². The van der Waals surface area contributed by atoms with Crippen LogP contribution in [-0.2, 0) is 6.42 Å². The molecule has 0 spiro atoms. The summed E-state index contributed by atoms with van der Waals surface area (Å²) in [7, 11) is 0. The van der Waals surface area contributed by atoms with Crippen molar-refractivity contribution in [1.82, 2.24) is 0 Å². The fraction of sp³-hybridized carbons (Fsp3) is 0.375. The molecule has 1 fully saturated rings. The van der Waals surface area contributed by atoms with Crippen molar-refractivity contribution in [3.63, 3.8) is 0 Å². The van der Waals surface area contributed by atoms with Crippen LogP contribution in [-0.4, -0.2) is 5.11 Å². The van der Waals surface area contributed by atoms with Crippen LogP contribution < -0.4 is 5.63 Å². The fourth-order valence-electron chi connectivity index (χ4n) is 3.96. The van der Waals surface area contributed by atoms with Gasteiger partial charge >= 0.3 is 5.63 Å². The highest BCUT2D eigenvalue weighted by molar-refractivity contribution is 7.10. The van der Waals surface area contributed by atoms with Crippen molar-refractivity contribution >= 4 is 11.3 Å². The standard InChI is InChI=1S/C24H26O3S/c1-3-17(13-16-8-6-15(2)7-9-16)20-14-19(25)23(24(26)27-20)22(18-10-11-18)21-5-4-12-28-21/h4-9,12,14,17-18,22,25H,3,10-11,13H2,1-2H3. The van der Waals surface area contributed by atoms with E-state index >= 15 is 0 Å². The van der Waals surface area contributed by atoms with Crippen molar-refractivity contribution in [2.24, 2.45) is 5.92 Å². The van der Waals surface area contributed by atoms with Crippen LogP contribution in [0.4, 0.5) is 0 Å². The zero-order valence-electron chi connectivity index (χ0n) is 16.4. The normalized spacial score (nSPS) is 16.1. The third kappa shape index (κ3) is 3.93. The van der Waals surface area contributed by atoms with Crippen molar-refractivity contribution in [3.8, 4) is 5.75 Å². The Kier molecular flexibility index (Phi) is 5.40. The van der Waals surface area contributed by atoms with E-state index < -0.39 is 0 Å². The van der Waals surface area contributed by atoms with Gasteiger partial charge in [-0.3, -0.25) is 0 Å². The fourth-order valence-corrected chi connectivity index (χ4v) is 4.89. The van der Waals surface area contributed by atoms with Crippen LogP contribution in [0.25, 0.3) is 0 Å². The first kappa shape index (κ1) is 19.0. The molecule has 1 aliphatic rings. The number of rotatable bonds is 7. The molecule has 4 rings (SSSR count). The van der Waals surface area contributed by atoms with Crippen molar-refractivity contribution in [3.05, 3.63) is 85.6 Å². The second-order valence-electron chi connectivity index (χ2n) is 7.86. The Balaban J connectivity index is 1.66. The van der Waals surface area contributed by atoms with Gasteiger partial charge in [-0.25, -0.2) is 4.79 Å². The Hall–Kier alpha value is -2.33. The molecule has 3 aromatic rings. The molecule has 2 atom stereocenters. The van der Waals surface area contributed by atoms with Crippen LogP contribution in [0, 0.1) is 12.8 Å². The van der Waals surface area contributed by atoms with Crippen molar-refractivity contribution in [2.75, 3.05) is 0 Å². The Labute approximate surface area is 169 Å². The van der Waals surface area contributed by atoms with Gasteiger partial charge in [-0.15, -0.1) is 11.3 Å². The van der Waals surface area contributed by atoms with Crippen LogP contribution >= 0.6 is 11.3 Å². The highest BCUT2D eigenvalue weighted by Crippen LogP contribution is 2.49. The average molecular weight is 395 g/mol. The summed E-state index contributed by atoms with van der Waals surface area (Å²) < 4.78 is 5.78. The molecule has 28 heavy (non-hydrogen) atoms. The van der Waals surface area contributed by atoms with E-state index in [1.807, 2.05) is 17.5 Å². The molecule has 0 radical (unpaired) electrons. The summed E-state index contributed by atoms with van der Waals surface area (Å²) in [5.74, 6) is 1.10. The smallest absolute Gasteiger partial charge is 0.343 e. The molecule has 1 N–H and O–H groups in total. The van der Waals surface area contributed by atoms with Gasteiger partial charge in [0.15, 0.2) is 0 Å². The third-order valence-electron chi connectivity index (χ3n) is 5.74. The second-order valence-corrected chi connectivity index (χ2v) is 8.84. The first-order chi connectivity index (χ1) is 13.6. The lowest BCUT2D eigenvalue weighted by atomic mass is 9.90. The molecule has 2 heterocycles. The van der Waals surface area contributed by atoms with Crippen LogP contribution in [0.1, 0.15) is 65.3 Å². The molecule has 3 nitrogen and oxygen atoms in total. The molecule has 0 amide bonds. The van der Waals surface area contributed by atoms with E-state index in [4.69, 9.17) is 4.42 Å². The maximum atomic E-state index is 12.9. The molecule has 4 heteroatoms. The van der Waals surface area contributed by atoms with Gasteiger partial charge in [-0.2, -0.15) is 0 Å². The highest BCUT2D eigenvalue weighted by Gasteiger charge is 2.38. The van der Waals surface area contributed by atoms with E-state index in [0.717, 1.165) is 30.6 Å². The Morgan fingerprint density at radius 3 is 2.54 bits per heavy atom. The van der Waals surface area contributed by atoms with E-state index in [-0.39, 0.29) is 23.2 Å². The van der Waals surface area contributed by atoms with Crippen LogP contribution in [0.15, 0.2) is 57.1 Å². The van der Waals surface area contributed by atoms with E-state index in [9.17, 15) is 9.90 Å². The van der Waals surface area contributed by atoms with E-state index in [2.05, 4.69) is 38.1 Å². The van der Waals surface area contributed by atoms with Gasteiger partial charge in [0.25, 0.3) is 0 Å². The van der Waals surface area contributed by atoms with E-state index in [0.29, 0.717) is 17.2 Å². The summed E-state index contributed by atoms with van der Waals surface area (Å²) in [4.78, 5) is 14.1. The quantitative estimate of drug-likeness (QED) is 0.535. The molecule has 2 aromatic heterocycles. The summed E-state index contributed by atoms with van der Waals surface area (Å²) in [6.45, 7) is 4.16. The van der Waals surface area contributed by atoms with Crippen molar-refractivity contribution in [1.29, 1.82) is 0 Å². The lowest BCUT2D eigenvalue weighted by molar-refractivity contribution is 0.380. The van der Waals surface area contributed by atoms with Crippen LogP contribution in [0.2, 0.25) is 0 Å². The monoisotopic (exact) mass is 394 g/mol. The van der Waals surface area contributed by atoms with Gasteiger partial charge in [0.05, 0.1) is 5.56 Å². The van der Waals surface area contributed by atoms with Crippen molar-refractivity contribution in [2.45, 2.75) is 51.4 Å². The van der Waals surface area contributed by atoms with Gasteiger partial charge in [0.2, 0.25) is 0 Å². The largest absolute Gasteiger partial charge is 0.507 e. The highest BCUT2D eigenvalue weighted by atomic mass is 32.1. The predicted octanol–water partition coefficient (Wildman–Crippen LogP) is 5.99. The number of thiophene rings is 1. The van der Waals surface area contributed by atoms with Crippen LogP contribution in [0.5, 0.6) is 5.75 Å². The van der Waals surface area contributed by atoms with E-state index in [1.54, 1.807) is 17.4 Å². The molecular formula is C24H26O3S. The lowest BCUT2D eigenvalue weighted by Crippen LogP contribution is -2.17. The minimum absolute atomic E-state index is 0.0533. The van der Waals surface area contributed by atoms with Gasteiger partial charge in [-0.05, 0) is 55.5 Å². The summed E-state index contributed by atoms with van der Waals surface area (Å²) >= 11 is 1.64. The number of aromatic hydroxyl groups is 1. The number of hydrogen-bond acceptors (Lipinski definition) is 4. The molecule has 2 unspecified atom stereocenters. The molecule has 0 aliphatic heterocycles. The molecule has 1 saturated carbocycles. The Morgan fingerprint density at radius 2 is 1.96 bits per heavy atom. The SMILES string of the molecule is CCC(Cc1ccc(C)cc1)c1cc(O)c(C(c2cccs2)C2CC2)c(=O)o1. The number of hydrogen-bond donors (Lipinski definition) is 1. The summed E-state index contributed by atoms with van der Waals surface area (Å²) in [5.41, 5.74) is 2.48. The van der Waals surface area contributed by atoms with Gasteiger partial charge in [-0.1, -0.05) is 42.8 Å². The molecule has 1 aliphatic carbocycles. The topological polar surface area (TPSA) is 50.4 Å². The first-order valence-electron chi connectivity index (χ1n) is 10.0. The van der Waals surface area contributed by atoms with Gasteiger partial charge < -0.3 is 9.52 Å².